The Morgan fingerprint density at radius 3 is 2.55 bits per heavy atom. The summed E-state index contributed by atoms with van der Waals surface area (Å²) in [6.45, 7) is 3.47. The summed E-state index contributed by atoms with van der Waals surface area (Å²) < 4.78 is 75.9. The van der Waals surface area contributed by atoms with Gasteiger partial charge in [-0.15, -0.1) is 0 Å². The van der Waals surface area contributed by atoms with Gasteiger partial charge in [0.2, 0.25) is 0 Å². The van der Waals surface area contributed by atoms with Gasteiger partial charge in [-0.2, -0.15) is 13.2 Å². The molecule has 4 aromatic rings. The third-order valence-electron chi connectivity index (χ3n) is 8.45. The predicted molar refractivity (Wildman–Crippen MR) is 152 cm³/mol. The minimum Gasteiger partial charge on any atom is -0.497 e. The second-order valence-corrected chi connectivity index (χ2v) is 11.1. The molecule has 0 aliphatic carbocycles. The first-order valence-electron chi connectivity index (χ1n) is 14.3. The van der Waals surface area contributed by atoms with Gasteiger partial charge in [0.05, 0.1) is 42.9 Å². The Labute approximate surface area is 250 Å². The number of halogens is 4. The van der Waals surface area contributed by atoms with Gasteiger partial charge < -0.3 is 23.9 Å². The minimum atomic E-state index is -4.60. The highest BCUT2D eigenvalue weighted by molar-refractivity contribution is 5.93. The van der Waals surface area contributed by atoms with Crippen LogP contribution in [0.2, 0.25) is 0 Å². The average molecular weight is 614 g/mol. The van der Waals surface area contributed by atoms with E-state index in [1.54, 1.807) is 28.8 Å². The molecule has 0 spiro atoms. The van der Waals surface area contributed by atoms with Gasteiger partial charge in [0.15, 0.2) is 5.82 Å². The molecule has 12 heteroatoms. The number of hydrogen-bond donors (Lipinski definition) is 1. The van der Waals surface area contributed by atoms with Crippen molar-refractivity contribution in [1.29, 1.82) is 0 Å². The first-order chi connectivity index (χ1) is 21.0. The van der Waals surface area contributed by atoms with Crippen molar-refractivity contribution in [2.45, 2.75) is 57.8 Å². The lowest BCUT2D eigenvalue weighted by Gasteiger charge is -2.36. The summed E-state index contributed by atoms with van der Waals surface area (Å²) in [4.78, 5) is 18.4. The Balaban J connectivity index is 1.31. The molecule has 2 aliphatic rings. The molecule has 232 valence electrons. The van der Waals surface area contributed by atoms with Crippen molar-refractivity contribution in [2.24, 2.45) is 0 Å². The van der Waals surface area contributed by atoms with E-state index in [9.17, 15) is 23.1 Å². The molecule has 1 aromatic heterocycles. The lowest BCUT2D eigenvalue weighted by molar-refractivity contribution is -0.139. The smallest absolute Gasteiger partial charge is 0.419 e. The number of ether oxygens (including phenoxy) is 3. The zero-order chi connectivity index (χ0) is 31.2. The van der Waals surface area contributed by atoms with Crippen LogP contribution in [0.15, 0.2) is 48.5 Å². The van der Waals surface area contributed by atoms with E-state index in [1.165, 1.54) is 31.4 Å². The number of imidazole rings is 1. The van der Waals surface area contributed by atoms with Crippen LogP contribution in [0.1, 0.15) is 57.8 Å². The van der Waals surface area contributed by atoms with Crippen molar-refractivity contribution < 1.29 is 41.7 Å². The minimum absolute atomic E-state index is 0.0545. The standard InChI is InChI=1S/C32H31F4N3O5/c1-18-24-14-27(44-17-19-3-5-21(42-2)6-4-19)25(32(34,35)36)13-20(24)9-11-38(18)16-28-37-26-8-7-23(31(40)41)29(33)30(26)39(28)15-22-10-12-43-22/h3-8,13-14,18,22H,9-12,15-17H2,1-2H3,(H,40,41)/t18-,22-/m0/s1. The van der Waals surface area contributed by atoms with E-state index >= 15 is 4.39 Å². The highest BCUT2D eigenvalue weighted by atomic mass is 19.4. The number of carboxylic acids is 1. The van der Waals surface area contributed by atoms with Gasteiger partial charge in [-0.05, 0) is 72.9 Å². The van der Waals surface area contributed by atoms with Crippen LogP contribution in [-0.4, -0.2) is 51.9 Å². The lowest BCUT2D eigenvalue weighted by atomic mass is 9.91. The number of carboxylic acid groups (broad SMARTS) is 1. The fourth-order valence-corrected chi connectivity index (χ4v) is 5.87. The molecule has 1 fully saturated rings. The summed E-state index contributed by atoms with van der Waals surface area (Å²) in [6.07, 6.45) is -3.60. The SMILES string of the molecule is COc1ccc(COc2cc3c(cc2C(F)(F)F)CCN(Cc2nc4ccc(C(=O)O)c(F)c4n2C[C@@H]2CCO2)[C@H]3C)cc1. The van der Waals surface area contributed by atoms with Crippen LogP contribution in [0, 0.1) is 5.82 Å². The van der Waals surface area contributed by atoms with Crippen LogP contribution in [0.3, 0.4) is 0 Å². The van der Waals surface area contributed by atoms with Crippen LogP contribution >= 0.6 is 0 Å². The topological polar surface area (TPSA) is 86.0 Å². The zero-order valence-electron chi connectivity index (χ0n) is 24.2. The summed E-state index contributed by atoms with van der Waals surface area (Å²) in [7, 11) is 1.53. The molecule has 3 aromatic carbocycles. The highest BCUT2D eigenvalue weighted by Gasteiger charge is 2.37. The van der Waals surface area contributed by atoms with E-state index in [0.29, 0.717) is 59.9 Å². The second kappa shape index (κ2) is 11.7. The number of rotatable bonds is 9. The average Bonchev–Trinajstić information content (AvgIpc) is 3.32. The molecule has 1 saturated heterocycles. The first kappa shape index (κ1) is 29.9. The van der Waals surface area contributed by atoms with Gasteiger partial charge in [0, 0.05) is 19.2 Å². The highest BCUT2D eigenvalue weighted by Crippen LogP contribution is 2.42. The zero-order valence-corrected chi connectivity index (χ0v) is 24.2. The third-order valence-corrected chi connectivity index (χ3v) is 8.45. The largest absolute Gasteiger partial charge is 0.497 e. The second-order valence-electron chi connectivity index (χ2n) is 11.1. The summed E-state index contributed by atoms with van der Waals surface area (Å²) >= 11 is 0. The predicted octanol–water partition coefficient (Wildman–Crippen LogP) is 6.39. The van der Waals surface area contributed by atoms with Crippen molar-refractivity contribution in [1.82, 2.24) is 14.5 Å². The quantitative estimate of drug-likeness (QED) is 0.219. The Morgan fingerprint density at radius 1 is 1.16 bits per heavy atom. The Morgan fingerprint density at radius 2 is 1.91 bits per heavy atom. The number of carbonyl (C=O) groups is 1. The molecule has 0 radical (unpaired) electrons. The summed E-state index contributed by atoms with van der Waals surface area (Å²) in [5.41, 5.74) is 1.16. The van der Waals surface area contributed by atoms with E-state index in [0.717, 1.165) is 6.42 Å². The van der Waals surface area contributed by atoms with Crippen LogP contribution in [0.4, 0.5) is 17.6 Å². The molecule has 2 atom stereocenters. The first-order valence-corrected chi connectivity index (χ1v) is 14.3. The Hall–Kier alpha value is -4.16. The van der Waals surface area contributed by atoms with Crippen molar-refractivity contribution in [3.8, 4) is 11.5 Å². The van der Waals surface area contributed by atoms with Crippen LogP contribution in [-0.2, 0) is 37.0 Å². The number of aromatic carboxylic acids is 1. The number of benzene rings is 3. The van der Waals surface area contributed by atoms with Crippen LogP contribution in [0.25, 0.3) is 11.0 Å². The van der Waals surface area contributed by atoms with Crippen LogP contribution in [0.5, 0.6) is 11.5 Å². The Kier molecular flexibility index (Phi) is 7.97. The summed E-state index contributed by atoms with van der Waals surface area (Å²) in [5, 5.41) is 9.48. The monoisotopic (exact) mass is 613 g/mol. The van der Waals surface area contributed by atoms with Crippen molar-refractivity contribution in [2.75, 3.05) is 20.3 Å². The van der Waals surface area contributed by atoms with Gasteiger partial charge in [-0.3, -0.25) is 4.90 Å². The Bertz CT molecular complexity index is 1700. The van der Waals surface area contributed by atoms with Crippen molar-refractivity contribution in [3.63, 3.8) is 0 Å². The van der Waals surface area contributed by atoms with Gasteiger partial charge >= 0.3 is 12.1 Å². The molecular weight excluding hydrogens is 582 g/mol. The van der Waals surface area contributed by atoms with Crippen LogP contribution < -0.4 is 9.47 Å². The van der Waals surface area contributed by atoms with Gasteiger partial charge in [0.1, 0.15) is 29.4 Å². The number of alkyl halides is 3. The number of fused-ring (bicyclic) bond motifs is 2. The molecule has 2 aliphatic heterocycles. The fraction of sp³-hybridized carbons (Fsp3) is 0.375. The summed E-state index contributed by atoms with van der Waals surface area (Å²) in [5.74, 6) is -1.33. The molecule has 44 heavy (non-hydrogen) atoms. The number of hydrogen-bond acceptors (Lipinski definition) is 6. The molecule has 6 rings (SSSR count). The molecule has 0 saturated carbocycles. The van der Waals surface area contributed by atoms with E-state index in [-0.39, 0.29) is 36.6 Å². The van der Waals surface area contributed by atoms with Gasteiger partial charge in [0.25, 0.3) is 0 Å². The maximum atomic E-state index is 15.4. The third kappa shape index (κ3) is 5.71. The van der Waals surface area contributed by atoms with Crippen molar-refractivity contribution >= 4 is 17.0 Å². The van der Waals surface area contributed by atoms with Gasteiger partial charge in [-0.25, -0.2) is 14.2 Å². The normalized spacial score (nSPS) is 18.6. The molecule has 0 unspecified atom stereocenters. The number of aromatic nitrogens is 2. The molecule has 0 amide bonds. The molecular formula is C32H31F4N3O5. The summed E-state index contributed by atoms with van der Waals surface area (Å²) in [6, 6.07) is 11.9. The van der Waals surface area contributed by atoms with E-state index in [2.05, 4.69) is 9.88 Å². The fourth-order valence-electron chi connectivity index (χ4n) is 5.87. The molecule has 1 N–H and O–H groups in total. The molecule has 0 bridgehead atoms. The maximum Gasteiger partial charge on any atom is 0.419 e. The number of nitrogens with zero attached hydrogens (tertiary/aromatic N) is 3. The maximum absolute atomic E-state index is 15.4. The lowest BCUT2D eigenvalue weighted by Crippen LogP contribution is -2.36. The molecule has 8 nitrogen and oxygen atoms in total. The van der Waals surface area contributed by atoms with Gasteiger partial charge in [-0.1, -0.05) is 12.1 Å². The number of methoxy groups -OCH3 is 1. The van der Waals surface area contributed by atoms with E-state index in [4.69, 9.17) is 14.2 Å². The van der Waals surface area contributed by atoms with Crippen molar-refractivity contribution in [3.05, 3.63) is 88.0 Å². The van der Waals surface area contributed by atoms with E-state index in [1.807, 2.05) is 6.92 Å². The molecule has 3 heterocycles. The van der Waals surface area contributed by atoms with E-state index < -0.39 is 29.1 Å².